The first kappa shape index (κ1) is 29.0. The molecule has 0 spiro atoms. The average molecular weight is 550 g/mol. The Morgan fingerprint density at radius 2 is 1.72 bits per heavy atom. The van der Waals surface area contributed by atoms with Crippen molar-refractivity contribution in [2.75, 3.05) is 78.1 Å². The molecule has 0 radical (unpaired) electrons. The summed E-state index contributed by atoms with van der Waals surface area (Å²) in [6.45, 7) is 1.75. The van der Waals surface area contributed by atoms with Crippen LogP contribution in [0.3, 0.4) is 0 Å². The summed E-state index contributed by atoms with van der Waals surface area (Å²) in [5, 5.41) is 23.1. The van der Waals surface area contributed by atoms with E-state index in [0.717, 1.165) is 17.5 Å². The Hall–Kier alpha value is -2.99. The predicted molar refractivity (Wildman–Crippen MR) is 141 cm³/mol. The maximum absolute atomic E-state index is 14.2. The number of hydrogen-bond donors (Lipinski definition) is 2. The SMILES string of the molecule is COCC(=O)N1CCN(CC2(O)CCN(c3cccc(OC)c3)CC2)CC(O)(COc2cccc(F)c2F)C1. The number of ether oxygens (including phenoxy) is 3. The lowest BCUT2D eigenvalue weighted by atomic mass is 9.90. The molecule has 2 heterocycles. The number of benzene rings is 2. The van der Waals surface area contributed by atoms with Crippen molar-refractivity contribution in [3.63, 3.8) is 0 Å². The van der Waals surface area contributed by atoms with Gasteiger partial charge in [0.15, 0.2) is 11.6 Å². The Morgan fingerprint density at radius 1 is 0.974 bits per heavy atom. The van der Waals surface area contributed by atoms with E-state index in [0.29, 0.717) is 39.0 Å². The molecule has 9 nitrogen and oxygen atoms in total. The van der Waals surface area contributed by atoms with Crippen LogP contribution in [0.5, 0.6) is 11.5 Å². The van der Waals surface area contributed by atoms with Crippen molar-refractivity contribution in [1.82, 2.24) is 9.80 Å². The summed E-state index contributed by atoms with van der Waals surface area (Å²) in [5.74, 6) is -2.06. The maximum atomic E-state index is 14.2. The summed E-state index contributed by atoms with van der Waals surface area (Å²) in [5.41, 5.74) is -1.58. The Morgan fingerprint density at radius 3 is 2.44 bits per heavy atom. The molecular formula is C28H37F2N3O6. The molecule has 2 N–H and O–H groups in total. The highest BCUT2D eigenvalue weighted by Gasteiger charge is 2.41. The van der Waals surface area contributed by atoms with Gasteiger partial charge in [0.25, 0.3) is 0 Å². The highest BCUT2D eigenvalue weighted by molar-refractivity contribution is 5.77. The molecule has 2 aromatic carbocycles. The van der Waals surface area contributed by atoms with E-state index in [-0.39, 0.29) is 44.5 Å². The van der Waals surface area contributed by atoms with E-state index in [4.69, 9.17) is 14.2 Å². The molecule has 2 aliphatic heterocycles. The third kappa shape index (κ3) is 7.36. The standard InChI is InChI=1S/C28H37F2N3O6/c1-37-16-25(34)33-14-13-31(18-28(36,19-33)20-39-24-8-4-7-23(29)26(24)30)17-27(35)9-11-32(12-10-27)21-5-3-6-22(15-21)38-2/h3-8,15,35-36H,9-14,16-20H2,1-2H3. The minimum Gasteiger partial charge on any atom is -0.497 e. The molecule has 2 aromatic rings. The van der Waals surface area contributed by atoms with E-state index in [2.05, 4.69) is 4.90 Å². The van der Waals surface area contributed by atoms with Gasteiger partial charge in [-0.05, 0) is 37.1 Å². The summed E-state index contributed by atoms with van der Waals surface area (Å²) in [4.78, 5) is 18.2. The topological polar surface area (TPSA) is 94.9 Å². The Labute approximate surface area is 227 Å². The Bertz CT molecular complexity index is 1130. The second kappa shape index (κ2) is 12.5. The lowest BCUT2D eigenvalue weighted by molar-refractivity contribution is -0.138. The van der Waals surface area contributed by atoms with Crippen molar-refractivity contribution in [3.05, 3.63) is 54.1 Å². The molecule has 0 aromatic heterocycles. The van der Waals surface area contributed by atoms with Gasteiger partial charge < -0.3 is 34.2 Å². The number of carbonyl (C=O) groups is 1. The number of methoxy groups -OCH3 is 2. The van der Waals surface area contributed by atoms with Crippen LogP contribution in [-0.2, 0) is 9.53 Å². The summed E-state index contributed by atoms with van der Waals surface area (Å²) in [6.07, 6.45) is 1.02. The van der Waals surface area contributed by atoms with E-state index in [1.165, 1.54) is 24.1 Å². The lowest BCUT2D eigenvalue weighted by Gasteiger charge is -2.42. The van der Waals surface area contributed by atoms with Gasteiger partial charge in [-0.2, -0.15) is 4.39 Å². The van der Waals surface area contributed by atoms with E-state index in [1.54, 1.807) is 7.11 Å². The van der Waals surface area contributed by atoms with E-state index in [1.807, 2.05) is 29.2 Å². The van der Waals surface area contributed by atoms with E-state index < -0.39 is 22.8 Å². The Kier molecular flexibility index (Phi) is 9.27. The Balaban J connectivity index is 1.44. The summed E-state index contributed by atoms with van der Waals surface area (Å²) in [6, 6.07) is 11.4. The van der Waals surface area contributed by atoms with Crippen molar-refractivity contribution in [2.24, 2.45) is 0 Å². The van der Waals surface area contributed by atoms with Crippen LogP contribution in [0.15, 0.2) is 42.5 Å². The zero-order chi connectivity index (χ0) is 28.0. The van der Waals surface area contributed by atoms with Gasteiger partial charge in [-0.25, -0.2) is 4.39 Å². The number of nitrogens with zero attached hydrogens (tertiary/aromatic N) is 3. The molecule has 2 fully saturated rings. The van der Waals surface area contributed by atoms with Crippen LogP contribution in [0.2, 0.25) is 0 Å². The number of hydrogen-bond acceptors (Lipinski definition) is 8. The molecule has 4 rings (SSSR count). The fourth-order valence-electron chi connectivity index (χ4n) is 5.27. The van der Waals surface area contributed by atoms with Crippen LogP contribution >= 0.6 is 0 Å². The first-order chi connectivity index (χ1) is 18.6. The number of halogens is 2. The van der Waals surface area contributed by atoms with Crippen LogP contribution in [0.4, 0.5) is 14.5 Å². The molecule has 0 saturated carbocycles. The molecule has 2 saturated heterocycles. The highest BCUT2D eigenvalue weighted by atomic mass is 19.2. The van der Waals surface area contributed by atoms with Crippen LogP contribution in [0, 0.1) is 11.6 Å². The lowest BCUT2D eigenvalue weighted by Crippen LogP contribution is -2.56. The van der Waals surface area contributed by atoms with Crippen molar-refractivity contribution < 1.29 is 38.0 Å². The molecule has 1 amide bonds. The van der Waals surface area contributed by atoms with Crippen molar-refractivity contribution >= 4 is 11.6 Å². The second-order valence-corrected chi connectivity index (χ2v) is 10.4. The van der Waals surface area contributed by atoms with E-state index in [9.17, 15) is 23.8 Å². The molecule has 1 unspecified atom stereocenters. The van der Waals surface area contributed by atoms with Gasteiger partial charge in [-0.3, -0.25) is 9.69 Å². The molecule has 2 aliphatic rings. The molecule has 39 heavy (non-hydrogen) atoms. The van der Waals surface area contributed by atoms with Crippen LogP contribution in [-0.4, -0.2) is 110 Å². The molecule has 214 valence electrons. The van der Waals surface area contributed by atoms with Crippen molar-refractivity contribution in [3.8, 4) is 11.5 Å². The van der Waals surface area contributed by atoms with Gasteiger partial charge in [0.2, 0.25) is 11.7 Å². The maximum Gasteiger partial charge on any atom is 0.248 e. The summed E-state index contributed by atoms with van der Waals surface area (Å²) < 4.78 is 43.7. The number of amides is 1. The minimum atomic E-state index is -1.60. The van der Waals surface area contributed by atoms with Crippen molar-refractivity contribution in [1.29, 1.82) is 0 Å². The van der Waals surface area contributed by atoms with Gasteiger partial charge in [-0.1, -0.05) is 12.1 Å². The van der Waals surface area contributed by atoms with Gasteiger partial charge in [-0.15, -0.1) is 0 Å². The second-order valence-electron chi connectivity index (χ2n) is 10.4. The van der Waals surface area contributed by atoms with Gasteiger partial charge in [0, 0.05) is 58.1 Å². The zero-order valence-corrected chi connectivity index (χ0v) is 22.4. The predicted octanol–water partition coefficient (Wildman–Crippen LogP) is 1.91. The number of rotatable bonds is 9. The van der Waals surface area contributed by atoms with Crippen LogP contribution in [0.1, 0.15) is 12.8 Å². The molecule has 0 aliphatic carbocycles. The first-order valence-corrected chi connectivity index (χ1v) is 13.0. The third-order valence-electron chi connectivity index (χ3n) is 7.35. The van der Waals surface area contributed by atoms with Crippen molar-refractivity contribution in [2.45, 2.75) is 24.0 Å². The minimum absolute atomic E-state index is 0.0720. The quantitative estimate of drug-likeness (QED) is 0.490. The number of aliphatic hydroxyl groups is 2. The average Bonchev–Trinajstić information content (AvgIpc) is 3.08. The summed E-state index contributed by atoms with van der Waals surface area (Å²) >= 11 is 0. The van der Waals surface area contributed by atoms with Gasteiger partial charge >= 0.3 is 0 Å². The smallest absolute Gasteiger partial charge is 0.248 e. The largest absolute Gasteiger partial charge is 0.497 e. The number of carbonyl (C=O) groups excluding carboxylic acids is 1. The number of piperidine rings is 1. The molecule has 1 atom stereocenters. The fraction of sp³-hybridized carbons (Fsp3) is 0.536. The van der Waals surface area contributed by atoms with E-state index >= 15 is 0 Å². The zero-order valence-electron chi connectivity index (χ0n) is 22.4. The third-order valence-corrected chi connectivity index (χ3v) is 7.35. The monoisotopic (exact) mass is 549 g/mol. The molecular weight excluding hydrogens is 512 g/mol. The van der Waals surface area contributed by atoms with Gasteiger partial charge in [0.1, 0.15) is 24.6 Å². The fourth-order valence-corrected chi connectivity index (χ4v) is 5.27. The highest BCUT2D eigenvalue weighted by Crippen LogP contribution is 2.30. The van der Waals surface area contributed by atoms with Crippen LogP contribution < -0.4 is 14.4 Å². The first-order valence-electron chi connectivity index (χ1n) is 13.0. The molecule has 0 bridgehead atoms. The van der Waals surface area contributed by atoms with Gasteiger partial charge in [0.05, 0.1) is 19.3 Å². The van der Waals surface area contributed by atoms with Crippen LogP contribution in [0.25, 0.3) is 0 Å². The normalized spacial score (nSPS) is 21.9. The molecule has 11 heteroatoms. The number of anilines is 1. The number of β-amino-alcohol motifs (C(OH)–C–C–N with tert-alkyl or cyclic N) is 2. The summed E-state index contributed by atoms with van der Waals surface area (Å²) in [7, 11) is 3.04.